The normalized spacial score (nSPS) is 21.5. The van der Waals surface area contributed by atoms with E-state index < -0.39 is 23.4 Å². The molecule has 1 spiro atoms. The quantitative estimate of drug-likeness (QED) is 0.199. The molecule has 2 heterocycles. The monoisotopic (exact) mass is 559 g/mol. The predicted molar refractivity (Wildman–Crippen MR) is 159 cm³/mol. The van der Waals surface area contributed by atoms with E-state index in [-0.39, 0.29) is 17.3 Å². The van der Waals surface area contributed by atoms with Gasteiger partial charge in [0.1, 0.15) is 17.2 Å². The maximum Gasteiger partial charge on any atom is 0.186 e. The number of methoxy groups -OCH3 is 1. The highest BCUT2D eigenvalue weighted by Gasteiger charge is 2.71. The van der Waals surface area contributed by atoms with Crippen LogP contribution in [0.4, 0.5) is 5.69 Å². The molecular formula is C35H26ClNO4. The fourth-order valence-electron chi connectivity index (χ4n) is 7.09. The van der Waals surface area contributed by atoms with Crippen molar-refractivity contribution in [3.63, 3.8) is 0 Å². The number of rotatable bonds is 4. The summed E-state index contributed by atoms with van der Waals surface area (Å²) in [5, 5.41) is 0.530. The van der Waals surface area contributed by atoms with Crippen molar-refractivity contribution in [2.24, 2.45) is 5.41 Å². The van der Waals surface area contributed by atoms with Crippen molar-refractivity contribution < 1.29 is 19.1 Å². The smallest absolute Gasteiger partial charge is 0.186 e. The van der Waals surface area contributed by atoms with Crippen LogP contribution in [0.1, 0.15) is 53.7 Å². The molecule has 202 valence electrons. The molecule has 7 rings (SSSR count). The third-order valence-corrected chi connectivity index (χ3v) is 9.06. The van der Waals surface area contributed by atoms with E-state index in [4.69, 9.17) is 16.3 Å². The van der Waals surface area contributed by atoms with Gasteiger partial charge < -0.3 is 9.64 Å². The molecule has 3 atom stereocenters. The van der Waals surface area contributed by atoms with Crippen molar-refractivity contribution in [2.45, 2.75) is 24.9 Å². The highest BCUT2D eigenvalue weighted by Crippen LogP contribution is 2.61. The molecular weight excluding hydrogens is 534 g/mol. The maximum atomic E-state index is 14.8. The number of nitrogens with zero attached hydrogens (tertiary/aromatic N) is 1. The molecule has 1 fully saturated rings. The van der Waals surface area contributed by atoms with Crippen LogP contribution in [-0.4, -0.2) is 36.5 Å². The number of halogens is 1. The van der Waals surface area contributed by atoms with E-state index in [1.165, 1.54) is 0 Å². The maximum absolute atomic E-state index is 14.8. The number of anilines is 1. The number of fused-ring (bicyclic) bond motifs is 5. The van der Waals surface area contributed by atoms with Crippen LogP contribution in [0, 0.1) is 12.3 Å². The van der Waals surface area contributed by atoms with Crippen LogP contribution in [0.5, 0.6) is 5.75 Å². The van der Waals surface area contributed by atoms with E-state index >= 15 is 0 Å². The van der Waals surface area contributed by atoms with Crippen molar-refractivity contribution >= 4 is 40.7 Å². The minimum atomic E-state index is -1.55. The summed E-state index contributed by atoms with van der Waals surface area (Å²) in [6.45, 7) is 2.02. The summed E-state index contributed by atoms with van der Waals surface area (Å²) in [6.07, 6.45) is 3.91. The molecule has 1 saturated heterocycles. The van der Waals surface area contributed by atoms with Crippen LogP contribution < -0.4 is 9.64 Å². The van der Waals surface area contributed by atoms with E-state index in [0.717, 1.165) is 16.8 Å². The zero-order valence-electron chi connectivity index (χ0n) is 22.5. The Morgan fingerprint density at radius 3 is 2.27 bits per heavy atom. The van der Waals surface area contributed by atoms with Crippen LogP contribution in [0.2, 0.25) is 5.02 Å². The van der Waals surface area contributed by atoms with Gasteiger partial charge in [-0.3, -0.25) is 14.4 Å². The van der Waals surface area contributed by atoms with Gasteiger partial charge in [0.05, 0.1) is 13.2 Å². The van der Waals surface area contributed by atoms with Gasteiger partial charge in [0.2, 0.25) is 0 Å². The van der Waals surface area contributed by atoms with Gasteiger partial charge in [0.25, 0.3) is 0 Å². The van der Waals surface area contributed by atoms with E-state index in [0.29, 0.717) is 33.0 Å². The molecule has 4 aromatic rings. The fourth-order valence-corrected chi connectivity index (χ4v) is 7.21. The van der Waals surface area contributed by atoms with Gasteiger partial charge in [0, 0.05) is 33.3 Å². The minimum Gasteiger partial charge on any atom is -0.497 e. The molecule has 1 aliphatic carbocycles. The first-order valence-electron chi connectivity index (χ1n) is 13.6. The Bertz CT molecular complexity index is 1760. The zero-order chi connectivity index (χ0) is 28.5. The third kappa shape index (κ3) is 3.52. The summed E-state index contributed by atoms with van der Waals surface area (Å²) in [4.78, 5) is 46.1. The Morgan fingerprint density at radius 2 is 1.59 bits per heavy atom. The number of benzene rings is 4. The van der Waals surface area contributed by atoms with Crippen LogP contribution in [0.3, 0.4) is 0 Å². The Kier molecular flexibility index (Phi) is 5.77. The lowest BCUT2D eigenvalue weighted by Gasteiger charge is -2.37. The molecule has 0 N–H and O–H groups in total. The molecule has 0 aromatic heterocycles. The number of carbonyl (C=O) groups is 3. The average Bonchev–Trinajstić information content (AvgIpc) is 3.43. The van der Waals surface area contributed by atoms with Crippen molar-refractivity contribution in [3.05, 3.63) is 135 Å². The number of hydrogen-bond acceptors (Lipinski definition) is 5. The molecule has 0 bridgehead atoms. The molecule has 5 nitrogen and oxygen atoms in total. The SMILES string of the molecule is COc1cccc(C(=O)[C@@H]2[C@@H](c3ccc(Cl)cc3)C3(C(=O)c4ccccc4C3=O)C3C=Cc4cc(C)ccc4N32)c1. The third-order valence-electron chi connectivity index (χ3n) is 8.81. The van der Waals surface area contributed by atoms with Gasteiger partial charge in [-0.1, -0.05) is 83.9 Å². The highest BCUT2D eigenvalue weighted by molar-refractivity contribution is 6.32. The Morgan fingerprint density at radius 1 is 0.878 bits per heavy atom. The highest BCUT2D eigenvalue weighted by atomic mass is 35.5. The second kappa shape index (κ2) is 9.28. The topological polar surface area (TPSA) is 63.7 Å². The number of ether oxygens (including phenoxy) is 1. The van der Waals surface area contributed by atoms with Crippen LogP contribution >= 0.6 is 11.6 Å². The van der Waals surface area contributed by atoms with Crippen molar-refractivity contribution in [2.75, 3.05) is 12.0 Å². The van der Waals surface area contributed by atoms with Crippen molar-refractivity contribution in [1.82, 2.24) is 0 Å². The number of aryl methyl sites for hydroxylation is 1. The van der Waals surface area contributed by atoms with E-state index in [2.05, 4.69) is 6.07 Å². The first kappa shape index (κ1) is 25.5. The molecule has 2 aliphatic heterocycles. The van der Waals surface area contributed by atoms with Gasteiger partial charge in [0.15, 0.2) is 17.3 Å². The van der Waals surface area contributed by atoms with Crippen molar-refractivity contribution in [1.29, 1.82) is 0 Å². The first-order valence-corrected chi connectivity index (χ1v) is 13.9. The summed E-state index contributed by atoms with van der Waals surface area (Å²) in [7, 11) is 1.56. The van der Waals surface area contributed by atoms with Crippen LogP contribution in [0.25, 0.3) is 6.08 Å². The van der Waals surface area contributed by atoms with Gasteiger partial charge in [-0.2, -0.15) is 0 Å². The van der Waals surface area contributed by atoms with Gasteiger partial charge in [-0.25, -0.2) is 0 Å². The largest absolute Gasteiger partial charge is 0.497 e. The summed E-state index contributed by atoms with van der Waals surface area (Å²) >= 11 is 6.30. The number of Topliss-reactive ketones (excluding diaryl/α,β-unsaturated/α-hetero) is 3. The number of carbonyl (C=O) groups excluding carboxylic acids is 3. The predicted octanol–water partition coefficient (Wildman–Crippen LogP) is 6.97. The molecule has 0 radical (unpaired) electrons. The van der Waals surface area contributed by atoms with Gasteiger partial charge >= 0.3 is 0 Å². The molecule has 0 saturated carbocycles. The Labute approximate surface area is 243 Å². The van der Waals surface area contributed by atoms with Gasteiger partial charge in [-0.15, -0.1) is 0 Å². The standard InChI is InChI=1S/C35H26ClNO4/c1-20-10-16-28-22(18-20)13-17-29-35(33(39)26-8-3-4-9-27(26)34(35)40)30(21-11-14-24(36)15-12-21)31(37(28)29)32(38)23-6-5-7-25(19-23)41-2/h3-19,29-31H,1-2H3/t29?,30-,31+/m1/s1. The molecule has 6 heteroatoms. The lowest BCUT2D eigenvalue weighted by Crippen LogP contribution is -2.48. The molecule has 41 heavy (non-hydrogen) atoms. The number of ketones is 3. The second-order valence-electron chi connectivity index (χ2n) is 10.9. The van der Waals surface area contributed by atoms with Gasteiger partial charge in [-0.05, 0) is 54.4 Å². The van der Waals surface area contributed by atoms with E-state index in [1.807, 2.05) is 48.2 Å². The van der Waals surface area contributed by atoms with Crippen LogP contribution in [0.15, 0.2) is 97.1 Å². The average molecular weight is 560 g/mol. The molecule has 4 aromatic carbocycles. The Hall–Kier alpha value is -4.48. The lowest BCUT2D eigenvalue weighted by molar-refractivity contribution is 0.0666. The van der Waals surface area contributed by atoms with Crippen molar-refractivity contribution in [3.8, 4) is 5.75 Å². The molecule has 0 amide bonds. The Balaban J connectivity index is 1.54. The minimum absolute atomic E-state index is 0.191. The second-order valence-corrected chi connectivity index (χ2v) is 11.4. The summed E-state index contributed by atoms with van der Waals surface area (Å²) in [6, 6.07) is 25.7. The molecule has 1 unspecified atom stereocenters. The lowest BCUT2D eigenvalue weighted by atomic mass is 9.64. The number of hydrogen-bond donors (Lipinski definition) is 0. The first-order chi connectivity index (χ1) is 19.9. The van der Waals surface area contributed by atoms with Crippen LogP contribution in [-0.2, 0) is 0 Å². The summed E-state index contributed by atoms with van der Waals surface area (Å²) in [5.41, 5.74) is 3.23. The fraction of sp³-hybridized carbons (Fsp3) is 0.171. The van der Waals surface area contributed by atoms with E-state index in [9.17, 15) is 14.4 Å². The summed E-state index contributed by atoms with van der Waals surface area (Å²) in [5.74, 6) is -0.932. The zero-order valence-corrected chi connectivity index (χ0v) is 23.3. The molecule has 3 aliphatic rings. The summed E-state index contributed by atoms with van der Waals surface area (Å²) < 4.78 is 5.44. The van der Waals surface area contributed by atoms with E-state index in [1.54, 1.807) is 67.8 Å².